The summed E-state index contributed by atoms with van der Waals surface area (Å²) >= 11 is 12.0. The lowest BCUT2D eigenvalue weighted by Gasteiger charge is -2.36. The molecule has 3 rings (SSSR count). The molecule has 0 aliphatic carbocycles. The first-order valence-corrected chi connectivity index (χ1v) is 10.0. The van der Waals surface area contributed by atoms with Gasteiger partial charge in [-0.25, -0.2) is 0 Å². The molecule has 1 heterocycles. The zero-order valence-corrected chi connectivity index (χ0v) is 17.3. The van der Waals surface area contributed by atoms with E-state index in [1.165, 1.54) is 0 Å². The van der Waals surface area contributed by atoms with Crippen LogP contribution in [0.3, 0.4) is 0 Å². The van der Waals surface area contributed by atoms with Gasteiger partial charge >= 0.3 is 0 Å². The second-order valence-corrected chi connectivity index (χ2v) is 7.77. The van der Waals surface area contributed by atoms with Crippen molar-refractivity contribution in [2.75, 3.05) is 44.2 Å². The number of rotatable bonds is 7. The molecule has 1 unspecified atom stereocenters. The number of hydrogen-bond donors (Lipinski definition) is 1. The molecule has 1 aliphatic heterocycles. The van der Waals surface area contributed by atoms with Gasteiger partial charge in [-0.15, -0.1) is 0 Å². The van der Waals surface area contributed by atoms with Crippen LogP contribution in [0.1, 0.15) is 17.3 Å². The minimum absolute atomic E-state index is 0.0756. The van der Waals surface area contributed by atoms with Gasteiger partial charge in [-0.2, -0.15) is 0 Å². The molecule has 0 saturated carbocycles. The summed E-state index contributed by atoms with van der Waals surface area (Å²) in [7, 11) is 0. The average Bonchev–Trinajstić information content (AvgIpc) is 2.69. The summed E-state index contributed by atoms with van der Waals surface area (Å²) in [5.74, 6) is 0.554. The van der Waals surface area contributed by atoms with Crippen molar-refractivity contribution >= 4 is 34.7 Å². The van der Waals surface area contributed by atoms with Crippen molar-refractivity contribution in [3.8, 4) is 5.75 Å². The van der Waals surface area contributed by atoms with Crippen LogP contribution >= 0.6 is 23.2 Å². The highest BCUT2D eigenvalue weighted by molar-refractivity contribution is 6.34. The molecule has 7 heteroatoms. The summed E-state index contributed by atoms with van der Waals surface area (Å²) in [6.07, 6.45) is -0.614. The number of carbonyl (C=O) groups excluding carboxylic acids is 1. The number of carbonyl (C=O) groups is 1. The Kier molecular flexibility index (Phi) is 7.18. The number of aliphatic hydroxyl groups excluding tert-OH is 1. The van der Waals surface area contributed by atoms with Crippen LogP contribution in [0.15, 0.2) is 42.5 Å². The number of benzene rings is 2. The van der Waals surface area contributed by atoms with Gasteiger partial charge in [0.2, 0.25) is 0 Å². The Bertz CT molecular complexity index is 806. The van der Waals surface area contributed by atoms with E-state index in [4.69, 9.17) is 27.9 Å². The zero-order chi connectivity index (χ0) is 20.1. The van der Waals surface area contributed by atoms with Gasteiger partial charge in [0, 0.05) is 55.1 Å². The molecule has 1 fully saturated rings. The Hall–Kier alpha value is -1.79. The van der Waals surface area contributed by atoms with E-state index in [0.717, 1.165) is 37.4 Å². The van der Waals surface area contributed by atoms with Crippen LogP contribution in [0.25, 0.3) is 0 Å². The lowest BCUT2D eigenvalue weighted by molar-refractivity contribution is 0.0663. The number of aliphatic hydroxyl groups is 1. The number of hydrogen-bond acceptors (Lipinski definition) is 5. The third-order valence-electron chi connectivity index (χ3n) is 4.80. The third-order valence-corrected chi connectivity index (χ3v) is 5.35. The van der Waals surface area contributed by atoms with Crippen molar-refractivity contribution in [2.24, 2.45) is 0 Å². The van der Waals surface area contributed by atoms with Crippen molar-refractivity contribution in [3.05, 3.63) is 58.1 Å². The van der Waals surface area contributed by atoms with E-state index in [-0.39, 0.29) is 12.4 Å². The summed E-state index contributed by atoms with van der Waals surface area (Å²) in [6, 6.07) is 12.7. The molecule has 0 aromatic heterocycles. The van der Waals surface area contributed by atoms with E-state index in [0.29, 0.717) is 22.3 Å². The lowest BCUT2D eigenvalue weighted by atomic mass is 10.1. The van der Waals surface area contributed by atoms with Crippen LogP contribution in [-0.2, 0) is 0 Å². The Morgan fingerprint density at radius 3 is 2.43 bits per heavy atom. The second kappa shape index (κ2) is 9.61. The predicted molar refractivity (Wildman–Crippen MR) is 113 cm³/mol. The van der Waals surface area contributed by atoms with Crippen molar-refractivity contribution in [1.82, 2.24) is 4.90 Å². The molecule has 0 radical (unpaired) electrons. The standard InChI is InChI=1S/C21H24Cl2N2O3/c1-15(26)16-2-5-18(6-3-16)25-10-8-24(9-11-25)13-19(27)14-28-21-12-17(22)4-7-20(21)23/h2-7,12,19,27H,8-11,13-14H2,1H3. The first-order valence-electron chi connectivity index (χ1n) is 9.26. The van der Waals surface area contributed by atoms with Gasteiger partial charge in [0.25, 0.3) is 0 Å². The second-order valence-electron chi connectivity index (χ2n) is 6.93. The normalized spacial score (nSPS) is 16.1. The first-order chi connectivity index (χ1) is 13.4. The average molecular weight is 423 g/mol. The van der Waals surface area contributed by atoms with Gasteiger partial charge < -0.3 is 14.7 Å². The van der Waals surface area contributed by atoms with Gasteiger partial charge in [0.1, 0.15) is 18.5 Å². The fourth-order valence-electron chi connectivity index (χ4n) is 3.22. The largest absolute Gasteiger partial charge is 0.489 e. The number of piperazine rings is 1. The minimum atomic E-state index is -0.614. The SMILES string of the molecule is CC(=O)c1ccc(N2CCN(CC(O)COc3cc(Cl)ccc3Cl)CC2)cc1. The van der Waals surface area contributed by atoms with Crippen LogP contribution in [0.5, 0.6) is 5.75 Å². The molecule has 28 heavy (non-hydrogen) atoms. The molecule has 150 valence electrons. The first kappa shape index (κ1) is 20.9. The predicted octanol–water partition coefficient (Wildman–Crippen LogP) is 3.76. The maximum atomic E-state index is 11.4. The van der Waals surface area contributed by atoms with Crippen LogP contribution in [0.2, 0.25) is 10.0 Å². The lowest BCUT2D eigenvalue weighted by Crippen LogP contribution is -2.49. The Labute approximate surface area is 175 Å². The van der Waals surface area contributed by atoms with Gasteiger partial charge in [-0.1, -0.05) is 23.2 Å². The topological polar surface area (TPSA) is 53.0 Å². The monoisotopic (exact) mass is 422 g/mol. The molecule has 1 aliphatic rings. The summed E-state index contributed by atoms with van der Waals surface area (Å²) < 4.78 is 5.61. The molecule has 0 spiro atoms. The van der Waals surface area contributed by atoms with Crippen LogP contribution in [0.4, 0.5) is 5.69 Å². The van der Waals surface area contributed by atoms with Gasteiger partial charge in [-0.05, 0) is 43.3 Å². The molecule has 0 amide bonds. The molecule has 0 bridgehead atoms. The number of ether oxygens (including phenoxy) is 1. The van der Waals surface area contributed by atoms with E-state index in [1.54, 1.807) is 25.1 Å². The molecule has 5 nitrogen and oxygen atoms in total. The van der Waals surface area contributed by atoms with Crippen molar-refractivity contribution in [3.63, 3.8) is 0 Å². The summed E-state index contributed by atoms with van der Waals surface area (Å²) in [6.45, 7) is 5.71. The van der Waals surface area contributed by atoms with Crippen molar-refractivity contribution in [2.45, 2.75) is 13.0 Å². The molecule has 1 atom stereocenters. The maximum Gasteiger partial charge on any atom is 0.159 e. The van der Waals surface area contributed by atoms with E-state index in [9.17, 15) is 9.90 Å². The van der Waals surface area contributed by atoms with E-state index in [2.05, 4.69) is 9.80 Å². The number of nitrogens with zero attached hydrogens (tertiary/aromatic N) is 2. The third kappa shape index (κ3) is 5.61. The highest BCUT2D eigenvalue weighted by Crippen LogP contribution is 2.27. The molecule has 2 aromatic rings. The van der Waals surface area contributed by atoms with E-state index < -0.39 is 6.10 Å². The fraction of sp³-hybridized carbons (Fsp3) is 0.381. The highest BCUT2D eigenvalue weighted by Gasteiger charge is 2.20. The quantitative estimate of drug-likeness (QED) is 0.688. The molecular weight excluding hydrogens is 399 g/mol. The van der Waals surface area contributed by atoms with E-state index >= 15 is 0 Å². The van der Waals surface area contributed by atoms with Crippen molar-refractivity contribution < 1.29 is 14.6 Å². The minimum Gasteiger partial charge on any atom is -0.489 e. The number of halogens is 2. The number of anilines is 1. The Morgan fingerprint density at radius 1 is 1.11 bits per heavy atom. The number of β-amino-alcohol motifs (C(OH)–C–C–N with tert-alkyl or cyclic N) is 1. The summed E-state index contributed by atoms with van der Waals surface area (Å²) in [5, 5.41) is 11.3. The van der Waals surface area contributed by atoms with Gasteiger partial charge in [0.05, 0.1) is 5.02 Å². The number of Topliss-reactive ketones (excluding diaryl/α,β-unsaturated/α-hetero) is 1. The molecule has 1 N–H and O–H groups in total. The van der Waals surface area contributed by atoms with Crippen molar-refractivity contribution in [1.29, 1.82) is 0 Å². The molecular formula is C21H24Cl2N2O3. The smallest absolute Gasteiger partial charge is 0.159 e. The summed E-state index contributed by atoms with van der Waals surface area (Å²) in [5.41, 5.74) is 1.84. The Morgan fingerprint density at radius 2 is 1.79 bits per heavy atom. The molecule has 1 saturated heterocycles. The maximum absolute atomic E-state index is 11.4. The fourth-order valence-corrected chi connectivity index (χ4v) is 3.55. The van der Waals surface area contributed by atoms with Crippen LogP contribution in [-0.4, -0.2) is 61.2 Å². The van der Waals surface area contributed by atoms with E-state index in [1.807, 2.05) is 24.3 Å². The number of ketones is 1. The molecule has 2 aromatic carbocycles. The van der Waals surface area contributed by atoms with Gasteiger partial charge in [0.15, 0.2) is 5.78 Å². The summed E-state index contributed by atoms with van der Waals surface area (Å²) in [4.78, 5) is 15.9. The Balaban J connectivity index is 1.44. The zero-order valence-electron chi connectivity index (χ0n) is 15.8. The van der Waals surface area contributed by atoms with Gasteiger partial charge in [-0.3, -0.25) is 9.69 Å². The highest BCUT2D eigenvalue weighted by atomic mass is 35.5. The van der Waals surface area contributed by atoms with Crippen LogP contribution < -0.4 is 9.64 Å². The van der Waals surface area contributed by atoms with Crippen LogP contribution in [0, 0.1) is 0 Å².